The molecule has 2 aliphatic carbocycles. The van der Waals surface area contributed by atoms with E-state index in [0.29, 0.717) is 19.1 Å². The molecule has 6 rings (SSSR count). The van der Waals surface area contributed by atoms with Gasteiger partial charge in [-0.15, -0.1) is 0 Å². The first-order valence-electron chi connectivity index (χ1n) is 12.7. The van der Waals surface area contributed by atoms with Gasteiger partial charge in [-0.3, -0.25) is 9.59 Å². The first kappa shape index (κ1) is 23.1. The lowest BCUT2D eigenvalue weighted by Gasteiger charge is -2.42. The number of nitrogens with one attached hydrogen (secondary N) is 3. The van der Waals surface area contributed by atoms with Gasteiger partial charge in [0.1, 0.15) is 23.3 Å². The van der Waals surface area contributed by atoms with Crippen molar-refractivity contribution < 1.29 is 18.4 Å². The smallest absolute Gasteiger partial charge is 0.254 e. The van der Waals surface area contributed by atoms with Gasteiger partial charge in [0.05, 0.1) is 0 Å². The normalized spacial score (nSPS) is 27.3. The summed E-state index contributed by atoms with van der Waals surface area (Å²) >= 11 is 0. The van der Waals surface area contributed by atoms with Crippen LogP contribution in [-0.2, 0) is 4.79 Å². The molecular weight excluding hydrogens is 464 g/mol. The zero-order valence-electron chi connectivity index (χ0n) is 19.8. The molecule has 1 aromatic rings. The Morgan fingerprint density at radius 1 is 1.03 bits per heavy atom. The van der Waals surface area contributed by atoms with Gasteiger partial charge in [-0.1, -0.05) is 17.7 Å². The second kappa shape index (κ2) is 9.28. The molecular formula is C27H29F2N5O2. The van der Waals surface area contributed by atoms with Crippen LogP contribution in [0.5, 0.6) is 0 Å². The molecule has 2 amide bonds. The topological polar surface area (TPSA) is 85.8 Å². The number of likely N-dealkylation sites (tertiary alicyclic amines) is 1. The Hall–Kier alpha value is -3.33. The zero-order chi connectivity index (χ0) is 24.8. The van der Waals surface area contributed by atoms with Crippen LogP contribution in [0.2, 0.25) is 0 Å². The van der Waals surface area contributed by atoms with Gasteiger partial charge in [-0.25, -0.2) is 13.8 Å². The van der Waals surface area contributed by atoms with E-state index in [1.165, 1.54) is 5.57 Å². The maximum atomic E-state index is 13.4. The highest BCUT2D eigenvalue weighted by molar-refractivity contribution is 5.95. The molecule has 1 saturated carbocycles. The van der Waals surface area contributed by atoms with E-state index in [4.69, 9.17) is 0 Å². The molecule has 9 heteroatoms. The van der Waals surface area contributed by atoms with E-state index in [2.05, 4.69) is 39.2 Å². The Bertz CT molecular complexity index is 1190. The lowest BCUT2D eigenvalue weighted by atomic mass is 9.78. The van der Waals surface area contributed by atoms with Crippen LogP contribution in [0.15, 0.2) is 59.0 Å². The van der Waals surface area contributed by atoms with E-state index in [1.807, 2.05) is 6.20 Å². The summed E-state index contributed by atoms with van der Waals surface area (Å²) in [6, 6.07) is 3.41. The number of benzene rings is 1. The van der Waals surface area contributed by atoms with E-state index in [0.717, 1.165) is 62.0 Å². The average molecular weight is 494 g/mol. The molecule has 3 aliphatic heterocycles. The quantitative estimate of drug-likeness (QED) is 0.532. The minimum atomic E-state index is -0.745. The number of hydrogen-bond acceptors (Lipinski definition) is 5. The van der Waals surface area contributed by atoms with E-state index < -0.39 is 11.6 Å². The van der Waals surface area contributed by atoms with Crippen molar-refractivity contribution in [3.63, 3.8) is 0 Å². The summed E-state index contributed by atoms with van der Waals surface area (Å²) in [5, 5.41) is 9.94. The number of halogens is 2. The van der Waals surface area contributed by atoms with Crippen LogP contribution in [0, 0.1) is 29.4 Å². The third kappa shape index (κ3) is 4.72. The number of amidine groups is 1. The molecule has 1 aromatic carbocycles. The second-order valence-corrected chi connectivity index (χ2v) is 10.4. The molecule has 3 atom stereocenters. The third-order valence-corrected chi connectivity index (χ3v) is 7.65. The van der Waals surface area contributed by atoms with Gasteiger partial charge in [0, 0.05) is 60.8 Å². The van der Waals surface area contributed by atoms with Crippen molar-refractivity contribution in [2.75, 3.05) is 13.1 Å². The van der Waals surface area contributed by atoms with Gasteiger partial charge in [0.2, 0.25) is 5.91 Å². The van der Waals surface area contributed by atoms with Crippen LogP contribution in [0.25, 0.3) is 0 Å². The standard InChI is InChI=1S/C27H29F2N5O2/c28-18-9-17(10-19(29)11-18)27(36)34-13-21(14-34)31-20-5-3-15(4-6-20)23-12-24(33-26(35)16-1-2-16)32-25-22(23)7-8-30-25/h3,7-12,16,20-23,31H,1-2,4-6,13-14H2,(H,30,32)(H,33,35). The zero-order valence-corrected chi connectivity index (χ0v) is 19.8. The van der Waals surface area contributed by atoms with E-state index >= 15 is 0 Å². The third-order valence-electron chi connectivity index (χ3n) is 7.65. The minimum absolute atomic E-state index is 0.0442. The Morgan fingerprint density at radius 2 is 1.81 bits per heavy atom. The van der Waals surface area contributed by atoms with E-state index in [1.54, 1.807) is 4.90 Å². The van der Waals surface area contributed by atoms with Crippen molar-refractivity contribution in [3.05, 3.63) is 71.2 Å². The molecule has 0 radical (unpaired) electrons. The Labute approximate surface area is 208 Å². The van der Waals surface area contributed by atoms with Gasteiger partial charge in [-0.05, 0) is 50.3 Å². The lowest BCUT2D eigenvalue weighted by molar-refractivity contribution is -0.121. The first-order valence-corrected chi connectivity index (χ1v) is 12.7. The van der Waals surface area contributed by atoms with Gasteiger partial charge in [0.25, 0.3) is 5.91 Å². The number of allylic oxidation sites excluding steroid dienone is 2. The van der Waals surface area contributed by atoms with Crippen LogP contribution >= 0.6 is 0 Å². The van der Waals surface area contributed by atoms with Gasteiger partial charge >= 0.3 is 0 Å². The average Bonchev–Trinajstić information content (AvgIpc) is 3.58. The van der Waals surface area contributed by atoms with Gasteiger partial charge < -0.3 is 20.9 Å². The predicted octanol–water partition coefficient (Wildman–Crippen LogP) is 2.99. The summed E-state index contributed by atoms with van der Waals surface area (Å²) in [6.45, 7) is 1.05. The number of rotatable bonds is 6. The van der Waals surface area contributed by atoms with Crippen LogP contribution < -0.4 is 16.0 Å². The maximum Gasteiger partial charge on any atom is 0.254 e. The number of aliphatic imine (C=N–C) groups is 1. The number of amides is 2. The molecule has 0 spiro atoms. The highest BCUT2D eigenvalue weighted by Crippen LogP contribution is 2.36. The fourth-order valence-corrected chi connectivity index (χ4v) is 5.50. The lowest BCUT2D eigenvalue weighted by Crippen LogP contribution is -2.61. The number of carbonyl (C=O) groups is 2. The molecule has 188 valence electrons. The molecule has 2 fully saturated rings. The summed E-state index contributed by atoms with van der Waals surface area (Å²) in [7, 11) is 0. The van der Waals surface area contributed by atoms with Gasteiger partial charge in [0.15, 0.2) is 0 Å². The van der Waals surface area contributed by atoms with Crippen LogP contribution in [0.1, 0.15) is 42.5 Å². The monoisotopic (exact) mass is 493 g/mol. The number of carbonyl (C=O) groups excluding carboxylic acids is 2. The summed E-state index contributed by atoms with van der Waals surface area (Å²) in [5.41, 5.74) is 1.40. The van der Waals surface area contributed by atoms with Crippen molar-refractivity contribution in [2.45, 2.75) is 44.2 Å². The molecule has 36 heavy (non-hydrogen) atoms. The Balaban J connectivity index is 1.04. The molecule has 5 aliphatic rings. The molecule has 7 nitrogen and oxygen atoms in total. The van der Waals surface area contributed by atoms with Crippen molar-refractivity contribution in [1.29, 1.82) is 0 Å². The van der Waals surface area contributed by atoms with Crippen LogP contribution in [0.3, 0.4) is 0 Å². The molecule has 0 bridgehead atoms. The second-order valence-electron chi connectivity index (χ2n) is 10.4. The fourth-order valence-electron chi connectivity index (χ4n) is 5.50. The molecule has 3 heterocycles. The number of nitrogens with zero attached hydrogens (tertiary/aromatic N) is 2. The summed E-state index contributed by atoms with van der Waals surface area (Å²) in [6.07, 6.45) is 13.1. The molecule has 0 aromatic heterocycles. The molecule has 3 unspecified atom stereocenters. The SMILES string of the molecule is O=C(NC1=CC(C2=CCC(NC3CN(C(=O)c4cc(F)cc(F)c4)C3)CC2)C2C=CN=C2N1)C1CC1. The largest absolute Gasteiger partial charge is 0.335 e. The number of hydrogen-bond donors (Lipinski definition) is 3. The number of fused-ring (bicyclic) bond motifs is 1. The predicted molar refractivity (Wildman–Crippen MR) is 131 cm³/mol. The highest BCUT2D eigenvalue weighted by Gasteiger charge is 2.37. The highest BCUT2D eigenvalue weighted by atomic mass is 19.1. The minimum Gasteiger partial charge on any atom is -0.335 e. The van der Waals surface area contributed by atoms with Crippen molar-refractivity contribution in [1.82, 2.24) is 20.9 Å². The first-order chi connectivity index (χ1) is 17.4. The van der Waals surface area contributed by atoms with Crippen molar-refractivity contribution in [3.8, 4) is 0 Å². The van der Waals surface area contributed by atoms with Gasteiger partial charge in [-0.2, -0.15) is 0 Å². The fraction of sp³-hybridized carbons (Fsp3) is 0.444. The van der Waals surface area contributed by atoms with Crippen LogP contribution in [-0.4, -0.2) is 47.7 Å². The molecule has 1 saturated heterocycles. The van der Waals surface area contributed by atoms with Crippen molar-refractivity contribution in [2.24, 2.45) is 22.7 Å². The van der Waals surface area contributed by atoms with Crippen LogP contribution in [0.4, 0.5) is 8.78 Å². The Kier molecular flexibility index (Phi) is 5.95. The van der Waals surface area contributed by atoms with E-state index in [-0.39, 0.29) is 41.2 Å². The summed E-state index contributed by atoms with van der Waals surface area (Å²) in [5.74, 6) is 0.333. The summed E-state index contributed by atoms with van der Waals surface area (Å²) < 4.78 is 26.9. The van der Waals surface area contributed by atoms with E-state index in [9.17, 15) is 18.4 Å². The van der Waals surface area contributed by atoms with Crippen molar-refractivity contribution >= 4 is 17.6 Å². The molecule has 3 N–H and O–H groups in total. The Morgan fingerprint density at radius 3 is 2.50 bits per heavy atom. The summed E-state index contributed by atoms with van der Waals surface area (Å²) in [4.78, 5) is 30.9. The maximum absolute atomic E-state index is 13.4.